The van der Waals surface area contributed by atoms with E-state index in [1.165, 1.54) is 24.3 Å². The van der Waals surface area contributed by atoms with Gasteiger partial charge in [-0.05, 0) is 56.2 Å². The number of carbonyl (C=O) groups is 1. The molecule has 2 N–H and O–H groups in total. The average Bonchev–Trinajstić information content (AvgIpc) is 2.61. The monoisotopic (exact) mass is 395 g/mol. The Labute approximate surface area is 158 Å². The highest BCUT2D eigenvalue weighted by atomic mass is 32.2. The zero-order valence-electron chi connectivity index (χ0n) is 15.1. The molecule has 6 nitrogen and oxygen atoms in total. The van der Waals surface area contributed by atoms with Gasteiger partial charge in [-0.25, -0.2) is 17.6 Å². The van der Waals surface area contributed by atoms with E-state index in [2.05, 4.69) is 4.74 Å². The van der Waals surface area contributed by atoms with Gasteiger partial charge >= 0.3 is 5.97 Å². The first-order chi connectivity index (χ1) is 12.7. The van der Waals surface area contributed by atoms with Gasteiger partial charge in [-0.15, -0.1) is 0 Å². The molecule has 2 rings (SSSR count). The van der Waals surface area contributed by atoms with Crippen molar-refractivity contribution in [1.82, 2.24) is 0 Å². The van der Waals surface area contributed by atoms with Gasteiger partial charge in [0.2, 0.25) is 9.84 Å². The Bertz CT molecular complexity index is 895. The van der Waals surface area contributed by atoms with Gasteiger partial charge in [-0.1, -0.05) is 12.1 Å². The summed E-state index contributed by atoms with van der Waals surface area (Å²) in [5, 5.41) is 0. The number of esters is 1. The lowest BCUT2D eigenvalue weighted by Gasteiger charge is -2.10. The molecular weight excluding hydrogens is 373 g/mol. The largest absolute Gasteiger partial charge is 0.479 e. The molecule has 0 aliphatic rings. The molecule has 0 amide bonds. The number of hydrogen-bond donors (Lipinski definition) is 1. The summed E-state index contributed by atoms with van der Waals surface area (Å²) in [7, 11) is -3.88. The molecule has 0 bridgehead atoms. The summed E-state index contributed by atoms with van der Waals surface area (Å²) >= 11 is 0. The summed E-state index contributed by atoms with van der Waals surface area (Å²) in [6, 6.07) is 9.54. The third-order valence-electron chi connectivity index (χ3n) is 3.66. The van der Waals surface area contributed by atoms with Crippen LogP contribution in [0.3, 0.4) is 0 Å². The van der Waals surface area contributed by atoms with Crippen LogP contribution in [-0.2, 0) is 25.8 Å². The Morgan fingerprint density at radius 1 is 1.15 bits per heavy atom. The molecule has 0 aliphatic carbocycles. The summed E-state index contributed by atoms with van der Waals surface area (Å²) in [6.07, 6.45) is 0.626. The Balaban J connectivity index is 2.19. The number of sulfone groups is 1. The van der Waals surface area contributed by atoms with Gasteiger partial charge in [-0.3, -0.25) is 0 Å². The van der Waals surface area contributed by atoms with Crippen molar-refractivity contribution in [3.05, 3.63) is 53.8 Å². The summed E-state index contributed by atoms with van der Waals surface area (Å²) in [5.74, 6) is -1.75. The van der Waals surface area contributed by atoms with Crippen molar-refractivity contribution in [2.24, 2.45) is 5.73 Å². The maximum Gasteiger partial charge on any atom is 0.344 e. The van der Waals surface area contributed by atoms with E-state index in [4.69, 9.17) is 10.5 Å². The second-order valence-electron chi connectivity index (χ2n) is 6.01. The van der Waals surface area contributed by atoms with Gasteiger partial charge in [0.15, 0.2) is 18.2 Å². The number of hydrogen-bond acceptors (Lipinski definition) is 6. The van der Waals surface area contributed by atoms with Gasteiger partial charge in [0.05, 0.1) is 16.4 Å². The van der Waals surface area contributed by atoms with E-state index >= 15 is 0 Å². The SMILES string of the molecule is CCOC(=O)COc1ccc(S(=O)(=O)c2ccc(CC(C)N)cc2)cc1F. The Kier molecular flexibility index (Phi) is 6.92. The number of nitrogens with two attached hydrogens (primary N) is 1. The molecular formula is C19H22FNO5S. The minimum atomic E-state index is -3.88. The topological polar surface area (TPSA) is 95.7 Å². The first-order valence-electron chi connectivity index (χ1n) is 8.41. The molecule has 0 saturated heterocycles. The van der Waals surface area contributed by atoms with Crippen molar-refractivity contribution >= 4 is 15.8 Å². The molecule has 0 aromatic heterocycles. The van der Waals surface area contributed by atoms with Crippen LogP contribution in [0.1, 0.15) is 19.4 Å². The second-order valence-corrected chi connectivity index (χ2v) is 7.96. The van der Waals surface area contributed by atoms with Crippen molar-refractivity contribution in [3.8, 4) is 5.75 Å². The van der Waals surface area contributed by atoms with E-state index in [1.807, 2.05) is 6.92 Å². The first-order valence-corrected chi connectivity index (χ1v) is 9.90. The molecule has 0 spiro atoms. The van der Waals surface area contributed by atoms with E-state index < -0.39 is 28.2 Å². The average molecular weight is 395 g/mol. The molecule has 8 heteroatoms. The minimum Gasteiger partial charge on any atom is -0.479 e. The molecule has 0 aliphatic heterocycles. The molecule has 0 fully saturated rings. The highest BCUT2D eigenvalue weighted by molar-refractivity contribution is 7.91. The van der Waals surface area contributed by atoms with Crippen LogP contribution in [0, 0.1) is 5.82 Å². The maximum atomic E-state index is 14.2. The summed E-state index contributed by atoms with van der Waals surface area (Å²) in [4.78, 5) is 11.1. The molecule has 27 heavy (non-hydrogen) atoms. The van der Waals surface area contributed by atoms with E-state index in [-0.39, 0.29) is 28.2 Å². The van der Waals surface area contributed by atoms with Crippen molar-refractivity contribution < 1.29 is 27.1 Å². The van der Waals surface area contributed by atoms with E-state index in [0.717, 1.165) is 11.6 Å². The van der Waals surface area contributed by atoms with Crippen LogP contribution in [-0.4, -0.2) is 33.6 Å². The predicted octanol–water partition coefficient (Wildman–Crippen LogP) is 2.49. The minimum absolute atomic E-state index is 0.0382. The molecule has 1 atom stereocenters. The van der Waals surface area contributed by atoms with Crippen LogP contribution in [0.5, 0.6) is 5.75 Å². The third kappa shape index (κ3) is 5.51. The Morgan fingerprint density at radius 2 is 1.78 bits per heavy atom. The predicted molar refractivity (Wildman–Crippen MR) is 97.8 cm³/mol. The zero-order chi connectivity index (χ0) is 20.0. The van der Waals surface area contributed by atoms with Crippen LogP contribution >= 0.6 is 0 Å². The first kappa shape index (κ1) is 20.9. The highest BCUT2D eigenvalue weighted by Crippen LogP contribution is 2.26. The zero-order valence-corrected chi connectivity index (χ0v) is 16.0. The Hall–Kier alpha value is -2.45. The quantitative estimate of drug-likeness (QED) is 0.690. The lowest BCUT2D eigenvalue weighted by atomic mass is 10.1. The van der Waals surface area contributed by atoms with Crippen LogP contribution < -0.4 is 10.5 Å². The molecule has 0 radical (unpaired) electrons. The molecule has 2 aromatic rings. The number of carbonyl (C=O) groups excluding carboxylic acids is 1. The summed E-state index contributed by atoms with van der Waals surface area (Å²) in [6.45, 7) is 3.23. The van der Waals surface area contributed by atoms with Crippen LogP contribution in [0.2, 0.25) is 0 Å². The van der Waals surface area contributed by atoms with Crippen molar-refractivity contribution in [2.75, 3.05) is 13.2 Å². The van der Waals surface area contributed by atoms with Crippen molar-refractivity contribution in [1.29, 1.82) is 0 Å². The van der Waals surface area contributed by atoms with Gasteiger partial charge in [0.25, 0.3) is 0 Å². The smallest absolute Gasteiger partial charge is 0.344 e. The number of benzene rings is 2. The molecule has 0 heterocycles. The Morgan fingerprint density at radius 3 is 2.33 bits per heavy atom. The second kappa shape index (κ2) is 8.96. The van der Waals surface area contributed by atoms with Crippen LogP contribution in [0.25, 0.3) is 0 Å². The molecule has 1 unspecified atom stereocenters. The fraction of sp³-hybridized carbons (Fsp3) is 0.316. The molecule has 0 saturated carbocycles. The van der Waals surface area contributed by atoms with Crippen LogP contribution in [0.4, 0.5) is 4.39 Å². The van der Waals surface area contributed by atoms with E-state index in [0.29, 0.717) is 6.42 Å². The fourth-order valence-corrected chi connectivity index (χ4v) is 3.69. The highest BCUT2D eigenvalue weighted by Gasteiger charge is 2.20. The van der Waals surface area contributed by atoms with Crippen LogP contribution in [0.15, 0.2) is 52.3 Å². The molecule has 146 valence electrons. The van der Waals surface area contributed by atoms with Crippen molar-refractivity contribution in [3.63, 3.8) is 0 Å². The summed E-state index contributed by atoms with van der Waals surface area (Å²) < 4.78 is 49.2. The lowest BCUT2D eigenvalue weighted by molar-refractivity contribution is -0.145. The molecule has 2 aromatic carbocycles. The van der Waals surface area contributed by atoms with Crippen molar-refractivity contribution in [2.45, 2.75) is 36.1 Å². The van der Waals surface area contributed by atoms with E-state index in [9.17, 15) is 17.6 Å². The standard InChI is InChI=1S/C19H22FNO5S/c1-3-25-19(22)12-26-18-9-8-16(11-17(18)20)27(23,24)15-6-4-14(5-7-15)10-13(2)21/h4-9,11,13H,3,10,12,21H2,1-2H3. The number of halogens is 1. The van der Waals surface area contributed by atoms with Gasteiger partial charge in [0, 0.05) is 6.04 Å². The summed E-state index contributed by atoms with van der Waals surface area (Å²) in [5.41, 5.74) is 6.64. The maximum absolute atomic E-state index is 14.2. The number of rotatable bonds is 8. The van der Waals surface area contributed by atoms with Gasteiger partial charge < -0.3 is 15.2 Å². The lowest BCUT2D eigenvalue weighted by Crippen LogP contribution is -2.17. The van der Waals surface area contributed by atoms with Gasteiger partial charge in [0.1, 0.15) is 0 Å². The van der Waals surface area contributed by atoms with Gasteiger partial charge in [-0.2, -0.15) is 0 Å². The normalized spacial score (nSPS) is 12.4. The fourth-order valence-electron chi connectivity index (χ4n) is 2.42. The van der Waals surface area contributed by atoms with E-state index in [1.54, 1.807) is 19.1 Å². The third-order valence-corrected chi connectivity index (χ3v) is 5.42. The number of ether oxygens (including phenoxy) is 2.